The maximum atomic E-state index is 2.38. The van der Waals surface area contributed by atoms with E-state index in [-0.39, 0.29) is 5.54 Å². The van der Waals surface area contributed by atoms with Crippen LogP contribution in [-0.4, -0.2) is 26.2 Å². The topological polar surface area (TPSA) is 6.48 Å². The maximum absolute atomic E-state index is 2.38. The third-order valence-electron chi connectivity index (χ3n) is 4.85. The molecule has 0 aliphatic carbocycles. The number of nitrogens with zero attached hydrogens (tertiary/aromatic N) is 2. The monoisotopic (exact) mass is 332 g/mol. The van der Waals surface area contributed by atoms with Crippen LogP contribution in [0, 0.1) is 5.41 Å². The number of benzene rings is 1. The van der Waals surface area contributed by atoms with E-state index in [0.717, 1.165) is 6.54 Å². The third-order valence-corrected chi connectivity index (χ3v) is 4.85. The van der Waals surface area contributed by atoms with E-state index in [1.807, 2.05) is 0 Å². The van der Waals surface area contributed by atoms with Crippen molar-refractivity contribution in [1.82, 2.24) is 0 Å². The molecule has 0 saturated heterocycles. The first kappa shape index (κ1) is 20.9. The molecule has 1 rings (SSSR count). The first-order valence-electron chi connectivity index (χ1n) is 9.56. The quantitative estimate of drug-likeness (QED) is 0.511. The third kappa shape index (κ3) is 7.59. The van der Waals surface area contributed by atoms with E-state index in [9.17, 15) is 0 Å². The van der Waals surface area contributed by atoms with Gasteiger partial charge in [0, 0.05) is 37.6 Å². The summed E-state index contributed by atoms with van der Waals surface area (Å²) in [6, 6.07) is 8.97. The van der Waals surface area contributed by atoms with Crippen LogP contribution in [-0.2, 0) is 0 Å². The van der Waals surface area contributed by atoms with Crippen LogP contribution in [0.4, 0.5) is 11.4 Å². The number of unbranched alkanes of at least 4 members (excludes halogenated alkanes) is 3. The van der Waals surface area contributed by atoms with Crippen LogP contribution in [0.25, 0.3) is 0 Å². The molecule has 0 atom stereocenters. The highest BCUT2D eigenvalue weighted by molar-refractivity contribution is 5.56. The molecule has 0 unspecified atom stereocenters. The molecule has 0 N–H and O–H groups in total. The van der Waals surface area contributed by atoms with Gasteiger partial charge in [-0.25, -0.2) is 0 Å². The zero-order valence-corrected chi connectivity index (χ0v) is 17.4. The molecular weight excluding hydrogens is 292 g/mol. The Kier molecular flexibility index (Phi) is 7.63. The van der Waals surface area contributed by atoms with Crippen LogP contribution < -0.4 is 9.80 Å². The Hall–Kier alpha value is -1.18. The molecule has 0 saturated carbocycles. The highest BCUT2D eigenvalue weighted by atomic mass is 15.2. The van der Waals surface area contributed by atoms with Crippen molar-refractivity contribution in [2.24, 2.45) is 5.41 Å². The summed E-state index contributed by atoms with van der Waals surface area (Å²) in [4.78, 5) is 4.70. The highest BCUT2D eigenvalue weighted by Crippen LogP contribution is 2.25. The second-order valence-corrected chi connectivity index (χ2v) is 9.39. The van der Waals surface area contributed by atoms with Crippen LogP contribution in [0.3, 0.4) is 0 Å². The molecule has 1 aromatic carbocycles. The van der Waals surface area contributed by atoms with Crippen LogP contribution in [0.2, 0.25) is 0 Å². The minimum Gasteiger partial charge on any atom is -0.375 e. The number of hydrogen-bond donors (Lipinski definition) is 0. The fourth-order valence-electron chi connectivity index (χ4n) is 2.80. The average Bonchev–Trinajstić information content (AvgIpc) is 2.48. The molecule has 0 amide bonds. The van der Waals surface area contributed by atoms with Crippen LogP contribution >= 0.6 is 0 Å². The lowest BCUT2D eigenvalue weighted by Gasteiger charge is -2.34. The molecule has 0 aliphatic rings. The van der Waals surface area contributed by atoms with Crippen molar-refractivity contribution in [3.05, 3.63) is 24.3 Å². The summed E-state index contributed by atoms with van der Waals surface area (Å²) in [7, 11) is 4.37. The van der Waals surface area contributed by atoms with Gasteiger partial charge in [0.1, 0.15) is 0 Å². The van der Waals surface area contributed by atoms with Crippen molar-refractivity contribution in [3.63, 3.8) is 0 Å². The molecule has 0 aliphatic heterocycles. The summed E-state index contributed by atoms with van der Waals surface area (Å²) >= 11 is 0. The second-order valence-electron chi connectivity index (χ2n) is 9.39. The number of rotatable bonds is 8. The van der Waals surface area contributed by atoms with Crippen molar-refractivity contribution in [3.8, 4) is 0 Å². The minimum atomic E-state index is 0.153. The largest absolute Gasteiger partial charge is 0.375 e. The molecule has 0 heterocycles. The first-order chi connectivity index (χ1) is 11.0. The number of hydrogen-bond acceptors (Lipinski definition) is 2. The van der Waals surface area contributed by atoms with Crippen molar-refractivity contribution < 1.29 is 0 Å². The summed E-state index contributed by atoms with van der Waals surface area (Å²) in [6.45, 7) is 14.9. The van der Waals surface area contributed by atoms with Crippen LogP contribution in [0.5, 0.6) is 0 Å². The molecule has 2 heteroatoms. The van der Waals surface area contributed by atoms with Gasteiger partial charge in [-0.3, -0.25) is 0 Å². The Balaban J connectivity index is 2.37. The van der Waals surface area contributed by atoms with Gasteiger partial charge in [-0.1, -0.05) is 40.0 Å². The fourth-order valence-corrected chi connectivity index (χ4v) is 2.80. The van der Waals surface area contributed by atoms with E-state index in [0.29, 0.717) is 5.41 Å². The Labute approximate surface area is 151 Å². The molecule has 1 aromatic rings. The standard InChI is InChI=1S/C22H40N2/c1-21(2,3)17-11-9-10-12-18-23(7)19-13-15-20(16-14-19)24(8)22(4,5)6/h13-16H,9-12,17-18H2,1-8H3. The predicted octanol–water partition coefficient (Wildman–Crippen LogP) is 6.35. The maximum Gasteiger partial charge on any atom is 0.0369 e. The molecule has 0 aromatic heterocycles. The van der Waals surface area contributed by atoms with Gasteiger partial charge in [-0.05, 0) is 63.3 Å². The lowest BCUT2D eigenvalue weighted by Crippen LogP contribution is -2.37. The summed E-state index contributed by atoms with van der Waals surface area (Å²) in [5.41, 5.74) is 3.23. The van der Waals surface area contributed by atoms with E-state index < -0.39 is 0 Å². The van der Waals surface area contributed by atoms with E-state index >= 15 is 0 Å². The Bertz CT molecular complexity index is 462. The Morgan fingerprint density at radius 3 is 1.71 bits per heavy atom. The Morgan fingerprint density at radius 2 is 1.21 bits per heavy atom. The molecule has 0 bridgehead atoms. The molecule has 2 nitrogen and oxygen atoms in total. The van der Waals surface area contributed by atoms with Gasteiger partial charge in [-0.15, -0.1) is 0 Å². The first-order valence-corrected chi connectivity index (χ1v) is 9.56. The normalized spacial score (nSPS) is 12.3. The highest BCUT2D eigenvalue weighted by Gasteiger charge is 2.17. The minimum absolute atomic E-state index is 0.153. The molecule has 138 valence electrons. The van der Waals surface area contributed by atoms with Gasteiger partial charge < -0.3 is 9.80 Å². The molecule has 0 spiro atoms. The zero-order valence-electron chi connectivity index (χ0n) is 17.4. The average molecular weight is 333 g/mol. The smallest absolute Gasteiger partial charge is 0.0369 e. The van der Waals surface area contributed by atoms with E-state index in [1.165, 1.54) is 43.5 Å². The number of anilines is 2. The molecule has 0 radical (unpaired) electrons. The van der Waals surface area contributed by atoms with Gasteiger partial charge in [0.15, 0.2) is 0 Å². The van der Waals surface area contributed by atoms with E-state index in [1.54, 1.807) is 0 Å². The summed E-state index contributed by atoms with van der Waals surface area (Å²) in [5.74, 6) is 0. The predicted molar refractivity (Wildman–Crippen MR) is 110 cm³/mol. The lowest BCUT2D eigenvalue weighted by molar-refractivity contribution is 0.357. The van der Waals surface area contributed by atoms with Crippen LogP contribution in [0.1, 0.15) is 73.6 Å². The molecule has 0 fully saturated rings. The molecule has 24 heavy (non-hydrogen) atoms. The SMILES string of the molecule is CN(CCCCCCC(C)(C)C)c1ccc(N(C)C(C)(C)C)cc1. The van der Waals surface area contributed by atoms with Crippen molar-refractivity contribution in [2.45, 2.75) is 79.2 Å². The fraction of sp³-hybridized carbons (Fsp3) is 0.727. The van der Waals surface area contributed by atoms with Crippen molar-refractivity contribution in [1.29, 1.82) is 0 Å². The Morgan fingerprint density at radius 1 is 0.708 bits per heavy atom. The van der Waals surface area contributed by atoms with E-state index in [2.05, 4.69) is 89.7 Å². The van der Waals surface area contributed by atoms with Crippen LogP contribution in [0.15, 0.2) is 24.3 Å². The van der Waals surface area contributed by atoms with Crippen molar-refractivity contribution >= 4 is 11.4 Å². The second kappa shape index (κ2) is 8.78. The van der Waals surface area contributed by atoms with Gasteiger partial charge >= 0.3 is 0 Å². The van der Waals surface area contributed by atoms with E-state index in [4.69, 9.17) is 0 Å². The van der Waals surface area contributed by atoms with Gasteiger partial charge in [0.05, 0.1) is 0 Å². The summed E-state index contributed by atoms with van der Waals surface area (Å²) in [6.07, 6.45) is 6.68. The summed E-state index contributed by atoms with van der Waals surface area (Å²) < 4.78 is 0. The van der Waals surface area contributed by atoms with Gasteiger partial charge in [-0.2, -0.15) is 0 Å². The summed E-state index contributed by atoms with van der Waals surface area (Å²) in [5, 5.41) is 0. The van der Waals surface area contributed by atoms with Gasteiger partial charge in [0.25, 0.3) is 0 Å². The zero-order chi connectivity index (χ0) is 18.4. The van der Waals surface area contributed by atoms with Crippen molar-refractivity contribution in [2.75, 3.05) is 30.4 Å². The molecular formula is C22H40N2. The lowest BCUT2D eigenvalue weighted by atomic mass is 9.89. The van der Waals surface area contributed by atoms with Gasteiger partial charge in [0.2, 0.25) is 0 Å².